The largest absolute Gasteiger partial charge is 0.480 e. The quantitative estimate of drug-likeness (QED) is 0.712. The van der Waals surface area contributed by atoms with Crippen LogP contribution in [0.4, 0.5) is 11.4 Å². The summed E-state index contributed by atoms with van der Waals surface area (Å²) >= 11 is 5.87. The second-order valence-electron chi connectivity index (χ2n) is 6.54. The molecule has 0 fully saturated rings. The molecule has 0 saturated heterocycles. The Balaban J connectivity index is 1.69. The van der Waals surface area contributed by atoms with Crippen LogP contribution in [0.3, 0.4) is 0 Å². The Bertz CT molecular complexity index is 908. The van der Waals surface area contributed by atoms with E-state index in [2.05, 4.69) is 10.6 Å². The third-order valence-electron chi connectivity index (χ3n) is 5.01. The first-order valence-electron chi connectivity index (χ1n) is 8.40. The molecule has 3 unspecified atom stereocenters. The first-order chi connectivity index (χ1) is 12.5. The van der Waals surface area contributed by atoms with Crippen molar-refractivity contribution in [1.82, 2.24) is 0 Å². The van der Waals surface area contributed by atoms with Gasteiger partial charge < -0.3 is 15.7 Å². The van der Waals surface area contributed by atoms with Crippen molar-refractivity contribution in [3.05, 3.63) is 70.8 Å². The predicted molar refractivity (Wildman–Crippen MR) is 101 cm³/mol. The van der Waals surface area contributed by atoms with Crippen molar-refractivity contribution < 1.29 is 14.7 Å². The summed E-state index contributed by atoms with van der Waals surface area (Å²) in [5.74, 6) is -1.21. The van der Waals surface area contributed by atoms with Gasteiger partial charge in [0.2, 0.25) is 0 Å². The van der Waals surface area contributed by atoms with Gasteiger partial charge in [-0.15, -0.1) is 0 Å². The average Bonchev–Trinajstić information content (AvgIpc) is 3.12. The Hall–Kier alpha value is -2.79. The highest BCUT2D eigenvalue weighted by Crippen LogP contribution is 2.45. The molecule has 1 aliphatic carbocycles. The van der Waals surface area contributed by atoms with E-state index >= 15 is 0 Å². The number of halogens is 1. The number of benzene rings is 2. The van der Waals surface area contributed by atoms with Gasteiger partial charge in [0, 0.05) is 22.5 Å². The smallest absolute Gasteiger partial charge is 0.326 e. The molecule has 2 aliphatic rings. The van der Waals surface area contributed by atoms with E-state index in [9.17, 15) is 14.7 Å². The van der Waals surface area contributed by atoms with Crippen LogP contribution in [-0.2, 0) is 4.79 Å². The number of amides is 1. The zero-order chi connectivity index (χ0) is 18.3. The van der Waals surface area contributed by atoms with Crippen molar-refractivity contribution in [2.45, 2.75) is 18.4 Å². The molecule has 132 valence electrons. The van der Waals surface area contributed by atoms with Gasteiger partial charge in [0.1, 0.15) is 6.04 Å². The number of rotatable bonds is 3. The molecule has 0 aromatic heterocycles. The summed E-state index contributed by atoms with van der Waals surface area (Å²) in [6.07, 6.45) is 4.78. The molecular formula is C20H17ClN2O3. The third kappa shape index (κ3) is 2.84. The van der Waals surface area contributed by atoms with E-state index in [4.69, 9.17) is 11.6 Å². The lowest BCUT2D eigenvalue weighted by molar-refractivity contribution is -0.139. The molecule has 3 atom stereocenters. The number of hydrogen-bond acceptors (Lipinski definition) is 3. The lowest BCUT2D eigenvalue weighted by Crippen LogP contribution is -2.42. The third-order valence-corrected chi connectivity index (χ3v) is 5.26. The van der Waals surface area contributed by atoms with Crippen LogP contribution >= 0.6 is 11.6 Å². The summed E-state index contributed by atoms with van der Waals surface area (Å²) in [5, 5.41) is 16.1. The minimum absolute atomic E-state index is 0.00984. The van der Waals surface area contributed by atoms with Gasteiger partial charge in [0.25, 0.3) is 5.91 Å². The summed E-state index contributed by atoms with van der Waals surface area (Å²) in [6, 6.07) is 11.6. The number of para-hydroxylation sites is 1. The summed E-state index contributed by atoms with van der Waals surface area (Å²) in [7, 11) is 0. The zero-order valence-corrected chi connectivity index (χ0v) is 14.5. The Morgan fingerprint density at radius 1 is 1.15 bits per heavy atom. The minimum Gasteiger partial charge on any atom is -0.480 e. The highest BCUT2D eigenvalue weighted by atomic mass is 35.5. The van der Waals surface area contributed by atoms with E-state index in [1.807, 2.05) is 24.3 Å². The van der Waals surface area contributed by atoms with Gasteiger partial charge in [-0.1, -0.05) is 35.9 Å². The highest BCUT2D eigenvalue weighted by molar-refractivity contribution is 6.30. The highest BCUT2D eigenvalue weighted by Gasteiger charge is 2.41. The average molecular weight is 369 g/mol. The number of aliphatic carboxylic acids is 1. The normalized spacial score (nSPS) is 22.9. The molecule has 2 aromatic rings. The molecule has 0 saturated carbocycles. The van der Waals surface area contributed by atoms with Gasteiger partial charge in [0.15, 0.2) is 0 Å². The van der Waals surface area contributed by atoms with E-state index in [-0.39, 0.29) is 17.7 Å². The fourth-order valence-corrected chi connectivity index (χ4v) is 3.91. The summed E-state index contributed by atoms with van der Waals surface area (Å²) in [6.45, 7) is 0. The van der Waals surface area contributed by atoms with Crippen molar-refractivity contribution in [3.63, 3.8) is 0 Å². The minimum atomic E-state index is -0.901. The van der Waals surface area contributed by atoms with E-state index in [0.29, 0.717) is 22.0 Å². The molecule has 0 radical (unpaired) electrons. The fourth-order valence-electron chi connectivity index (χ4n) is 3.79. The Morgan fingerprint density at radius 2 is 1.92 bits per heavy atom. The maximum atomic E-state index is 12.8. The Morgan fingerprint density at radius 3 is 2.65 bits per heavy atom. The topological polar surface area (TPSA) is 78.4 Å². The number of carboxylic acid groups (broad SMARTS) is 1. The van der Waals surface area contributed by atoms with Gasteiger partial charge >= 0.3 is 5.97 Å². The number of fused-ring (bicyclic) bond motifs is 3. The molecular weight excluding hydrogens is 352 g/mol. The van der Waals surface area contributed by atoms with Crippen LogP contribution < -0.4 is 10.6 Å². The number of anilines is 2. The predicted octanol–water partition coefficient (Wildman–Crippen LogP) is 4.13. The molecule has 3 N–H and O–H groups in total. The van der Waals surface area contributed by atoms with Crippen LogP contribution in [0, 0.1) is 5.92 Å². The molecule has 1 amide bonds. The summed E-state index contributed by atoms with van der Waals surface area (Å²) in [4.78, 5) is 24.5. The van der Waals surface area contributed by atoms with Crippen LogP contribution in [0.5, 0.6) is 0 Å². The molecule has 5 nitrogen and oxygen atoms in total. The van der Waals surface area contributed by atoms with Crippen molar-refractivity contribution in [2.75, 3.05) is 10.6 Å². The molecule has 6 heteroatoms. The lowest BCUT2D eigenvalue weighted by Gasteiger charge is -2.35. The van der Waals surface area contributed by atoms with E-state index in [1.165, 1.54) is 0 Å². The Labute approximate surface area is 155 Å². The standard InChI is InChI=1S/C20H17ClN2O3/c21-11-7-9-12(10-8-11)22-19(24)16-6-2-4-14-13-3-1-5-15(13)18(20(25)26)23-17(14)16/h1-4,6-10,13,15,18,23H,5H2,(H,22,24)(H,25,26). The first kappa shape index (κ1) is 16.7. The maximum Gasteiger partial charge on any atom is 0.326 e. The number of carbonyl (C=O) groups is 2. The van der Waals surface area contributed by atoms with Crippen molar-refractivity contribution in [3.8, 4) is 0 Å². The molecule has 0 spiro atoms. The number of allylic oxidation sites excluding steroid dienone is 2. The number of hydrogen-bond donors (Lipinski definition) is 3. The van der Waals surface area contributed by atoms with Crippen molar-refractivity contribution >= 4 is 34.9 Å². The van der Waals surface area contributed by atoms with Crippen LogP contribution in [0.25, 0.3) is 0 Å². The van der Waals surface area contributed by atoms with Crippen LogP contribution in [-0.4, -0.2) is 23.0 Å². The lowest BCUT2D eigenvalue weighted by atomic mass is 9.78. The van der Waals surface area contributed by atoms with Crippen LogP contribution in [0.1, 0.15) is 28.3 Å². The molecule has 4 rings (SSSR count). The van der Waals surface area contributed by atoms with E-state index in [0.717, 1.165) is 12.0 Å². The van der Waals surface area contributed by atoms with Gasteiger partial charge in [-0.2, -0.15) is 0 Å². The second kappa shape index (κ2) is 6.50. The molecule has 1 heterocycles. The van der Waals surface area contributed by atoms with E-state index in [1.54, 1.807) is 30.3 Å². The zero-order valence-electron chi connectivity index (χ0n) is 13.8. The maximum absolute atomic E-state index is 12.8. The van der Waals surface area contributed by atoms with Crippen LogP contribution in [0.2, 0.25) is 5.02 Å². The first-order valence-corrected chi connectivity index (χ1v) is 8.78. The fraction of sp³-hybridized carbons (Fsp3) is 0.200. The van der Waals surface area contributed by atoms with Crippen LogP contribution in [0.15, 0.2) is 54.6 Å². The molecule has 2 aromatic carbocycles. The molecule has 1 aliphatic heterocycles. The number of carboxylic acids is 1. The number of carbonyl (C=O) groups excluding carboxylic acids is 1. The monoisotopic (exact) mass is 368 g/mol. The SMILES string of the molecule is O=C(Nc1ccc(Cl)cc1)c1cccc2c1NC(C(=O)O)C1CC=CC21. The molecule has 26 heavy (non-hydrogen) atoms. The van der Waals surface area contributed by atoms with Gasteiger partial charge in [-0.25, -0.2) is 4.79 Å². The van der Waals surface area contributed by atoms with Crippen molar-refractivity contribution in [1.29, 1.82) is 0 Å². The second-order valence-corrected chi connectivity index (χ2v) is 6.98. The Kier molecular flexibility index (Phi) is 4.17. The summed E-state index contributed by atoms with van der Waals surface area (Å²) < 4.78 is 0. The number of nitrogens with one attached hydrogen (secondary N) is 2. The van der Waals surface area contributed by atoms with Crippen molar-refractivity contribution in [2.24, 2.45) is 5.92 Å². The van der Waals surface area contributed by atoms with E-state index < -0.39 is 12.0 Å². The molecule has 0 bridgehead atoms. The summed E-state index contributed by atoms with van der Waals surface area (Å²) in [5.41, 5.74) is 2.62. The van der Waals surface area contributed by atoms with Gasteiger partial charge in [0.05, 0.1) is 11.3 Å². The van der Waals surface area contributed by atoms with Gasteiger partial charge in [-0.05, 0) is 42.3 Å². The van der Waals surface area contributed by atoms with Gasteiger partial charge in [-0.3, -0.25) is 4.79 Å².